The van der Waals surface area contributed by atoms with Crippen LogP contribution in [0.1, 0.15) is 51.9 Å². The Balaban J connectivity index is 2.30. The fraction of sp³-hybridized carbons (Fsp3) is 0.562. The molecule has 1 aromatic carbocycles. The number of nitrogens with one attached hydrogen (secondary N) is 1. The molecule has 108 valence electrons. The minimum atomic E-state index is 0.00657. The zero-order chi connectivity index (χ0) is 14.3. The highest BCUT2D eigenvalue weighted by Gasteiger charge is 2.38. The van der Waals surface area contributed by atoms with Gasteiger partial charge in [0.05, 0.1) is 21.6 Å². The highest BCUT2D eigenvalue weighted by Crippen LogP contribution is 2.38. The maximum atomic E-state index is 6.43. The van der Waals surface area contributed by atoms with Gasteiger partial charge in [0, 0.05) is 6.04 Å². The first-order valence-electron chi connectivity index (χ1n) is 7.51. The second kappa shape index (κ2) is 5.05. The summed E-state index contributed by atoms with van der Waals surface area (Å²) >= 11 is 6.43. The highest BCUT2D eigenvalue weighted by atomic mass is 35.5. The molecule has 0 bridgehead atoms. The topological polar surface area (TPSA) is 29.9 Å². The van der Waals surface area contributed by atoms with E-state index >= 15 is 0 Å². The molecule has 1 atom stereocenters. The lowest BCUT2D eigenvalue weighted by atomic mass is 9.93. The molecule has 0 amide bonds. The second-order valence-corrected chi connectivity index (χ2v) is 6.38. The highest BCUT2D eigenvalue weighted by molar-refractivity contribution is 6.35. The standard InChI is InChI=1S/C16H22ClN3/c1-4-16(9-6-10-18-16)15-19-13-8-5-7-12(17)14(13)20(15)11(2)3/h5,7-8,11,18H,4,6,9-10H2,1-3H3. The zero-order valence-electron chi connectivity index (χ0n) is 12.4. The molecule has 1 aliphatic heterocycles. The van der Waals surface area contributed by atoms with E-state index in [1.54, 1.807) is 0 Å². The molecule has 1 saturated heterocycles. The van der Waals surface area contributed by atoms with E-state index in [1.807, 2.05) is 12.1 Å². The Kier molecular flexibility index (Phi) is 3.51. The Morgan fingerprint density at radius 3 is 2.85 bits per heavy atom. The lowest BCUT2D eigenvalue weighted by molar-refractivity contribution is 0.332. The van der Waals surface area contributed by atoms with Crippen molar-refractivity contribution in [2.24, 2.45) is 0 Å². The fourth-order valence-electron chi connectivity index (χ4n) is 3.40. The van der Waals surface area contributed by atoms with Gasteiger partial charge in [-0.1, -0.05) is 24.6 Å². The van der Waals surface area contributed by atoms with E-state index in [0.29, 0.717) is 6.04 Å². The summed E-state index contributed by atoms with van der Waals surface area (Å²) in [7, 11) is 0. The third-order valence-electron chi connectivity index (χ3n) is 4.45. The third kappa shape index (κ3) is 1.95. The summed E-state index contributed by atoms with van der Waals surface area (Å²) in [5.41, 5.74) is 2.08. The molecule has 20 heavy (non-hydrogen) atoms. The smallest absolute Gasteiger partial charge is 0.130 e. The number of nitrogens with zero attached hydrogens (tertiary/aromatic N) is 2. The van der Waals surface area contributed by atoms with E-state index < -0.39 is 0 Å². The van der Waals surface area contributed by atoms with Crippen LogP contribution in [0.4, 0.5) is 0 Å². The lowest BCUT2D eigenvalue weighted by Crippen LogP contribution is -2.39. The number of halogens is 1. The maximum Gasteiger partial charge on any atom is 0.130 e. The van der Waals surface area contributed by atoms with Crippen molar-refractivity contribution in [3.63, 3.8) is 0 Å². The van der Waals surface area contributed by atoms with Crippen LogP contribution in [0.2, 0.25) is 5.02 Å². The molecule has 3 rings (SSSR count). The van der Waals surface area contributed by atoms with Gasteiger partial charge in [-0.2, -0.15) is 0 Å². The Bertz CT molecular complexity index is 624. The van der Waals surface area contributed by atoms with Gasteiger partial charge in [0.1, 0.15) is 5.82 Å². The number of fused-ring (bicyclic) bond motifs is 1. The van der Waals surface area contributed by atoms with Crippen LogP contribution in [-0.4, -0.2) is 16.1 Å². The molecule has 1 aromatic heterocycles. The first-order valence-corrected chi connectivity index (χ1v) is 7.89. The summed E-state index contributed by atoms with van der Waals surface area (Å²) < 4.78 is 2.32. The summed E-state index contributed by atoms with van der Waals surface area (Å²) in [6.07, 6.45) is 3.42. The zero-order valence-corrected chi connectivity index (χ0v) is 13.2. The van der Waals surface area contributed by atoms with Crippen molar-refractivity contribution < 1.29 is 0 Å². The van der Waals surface area contributed by atoms with Crippen molar-refractivity contribution in [1.29, 1.82) is 0 Å². The molecule has 4 heteroatoms. The van der Waals surface area contributed by atoms with Crippen molar-refractivity contribution in [3.05, 3.63) is 29.0 Å². The minimum absolute atomic E-state index is 0.00657. The van der Waals surface area contributed by atoms with E-state index in [4.69, 9.17) is 16.6 Å². The number of imidazole rings is 1. The van der Waals surface area contributed by atoms with Crippen LogP contribution < -0.4 is 5.32 Å². The Morgan fingerprint density at radius 2 is 2.25 bits per heavy atom. The predicted octanol–water partition coefficient (Wildman–Crippen LogP) is 4.26. The van der Waals surface area contributed by atoms with Gasteiger partial charge in [0.25, 0.3) is 0 Å². The largest absolute Gasteiger partial charge is 0.323 e. The fourth-order valence-corrected chi connectivity index (χ4v) is 3.66. The number of hydrogen-bond acceptors (Lipinski definition) is 2. The molecule has 2 heterocycles. The normalized spacial score (nSPS) is 23.1. The molecule has 1 aliphatic rings. The molecule has 1 fully saturated rings. The first-order chi connectivity index (χ1) is 9.59. The van der Waals surface area contributed by atoms with E-state index in [0.717, 1.165) is 41.3 Å². The SMILES string of the molecule is CCC1(c2nc3cccc(Cl)c3n2C(C)C)CCCN1. The molecule has 0 aliphatic carbocycles. The minimum Gasteiger partial charge on any atom is -0.323 e. The van der Waals surface area contributed by atoms with E-state index in [9.17, 15) is 0 Å². The van der Waals surface area contributed by atoms with Crippen molar-refractivity contribution in [1.82, 2.24) is 14.9 Å². The van der Waals surface area contributed by atoms with Crippen LogP contribution in [0.3, 0.4) is 0 Å². The van der Waals surface area contributed by atoms with E-state index in [-0.39, 0.29) is 5.54 Å². The molecule has 0 saturated carbocycles. The van der Waals surface area contributed by atoms with Gasteiger partial charge in [-0.05, 0) is 51.8 Å². The molecule has 0 radical (unpaired) electrons. The van der Waals surface area contributed by atoms with Crippen molar-refractivity contribution in [3.8, 4) is 0 Å². The Labute approximate surface area is 125 Å². The monoisotopic (exact) mass is 291 g/mol. The second-order valence-electron chi connectivity index (χ2n) is 5.97. The number of para-hydroxylation sites is 1. The van der Waals surface area contributed by atoms with E-state index in [1.165, 1.54) is 6.42 Å². The predicted molar refractivity (Wildman–Crippen MR) is 84.3 cm³/mol. The van der Waals surface area contributed by atoms with Gasteiger partial charge in [-0.25, -0.2) is 4.98 Å². The number of rotatable bonds is 3. The number of aromatic nitrogens is 2. The van der Waals surface area contributed by atoms with Gasteiger partial charge in [0.2, 0.25) is 0 Å². The van der Waals surface area contributed by atoms with Crippen LogP contribution in [-0.2, 0) is 5.54 Å². The van der Waals surface area contributed by atoms with Crippen molar-refractivity contribution in [2.75, 3.05) is 6.54 Å². The maximum absolute atomic E-state index is 6.43. The van der Waals surface area contributed by atoms with Gasteiger partial charge in [-0.15, -0.1) is 0 Å². The Hall–Kier alpha value is -1.06. The van der Waals surface area contributed by atoms with Crippen LogP contribution in [0, 0.1) is 0 Å². The van der Waals surface area contributed by atoms with E-state index in [2.05, 4.69) is 36.7 Å². The average molecular weight is 292 g/mol. The summed E-state index contributed by atoms with van der Waals surface area (Å²) in [4.78, 5) is 4.94. The summed E-state index contributed by atoms with van der Waals surface area (Å²) in [5, 5.41) is 4.48. The van der Waals surface area contributed by atoms with Crippen molar-refractivity contribution in [2.45, 2.75) is 51.6 Å². The molecule has 3 nitrogen and oxygen atoms in total. The molecular weight excluding hydrogens is 270 g/mol. The summed E-state index contributed by atoms with van der Waals surface area (Å²) in [6, 6.07) is 6.34. The average Bonchev–Trinajstić information content (AvgIpc) is 3.04. The van der Waals surface area contributed by atoms with Gasteiger partial charge in [-0.3, -0.25) is 0 Å². The van der Waals surface area contributed by atoms with Gasteiger partial charge >= 0.3 is 0 Å². The number of benzene rings is 1. The summed E-state index contributed by atoms with van der Waals surface area (Å²) in [5.74, 6) is 1.15. The number of hydrogen-bond donors (Lipinski definition) is 1. The van der Waals surface area contributed by atoms with Crippen LogP contribution >= 0.6 is 11.6 Å². The molecular formula is C16H22ClN3. The Morgan fingerprint density at radius 1 is 1.45 bits per heavy atom. The van der Waals surface area contributed by atoms with Gasteiger partial charge < -0.3 is 9.88 Å². The van der Waals surface area contributed by atoms with Gasteiger partial charge in [0.15, 0.2) is 0 Å². The van der Waals surface area contributed by atoms with Crippen LogP contribution in [0.15, 0.2) is 18.2 Å². The van der Waals surface area contributed by atoms with Crippen LogP contribution in [0.5, 0.6) is 0 Å². The molecule has 0 spiro atoms. The summed E-state index contributed by atoms with van der Waals surface area (Å²) in [6.45, 7) is 7.71. The molecule has 1 N–H and O–H groups in total. The third-order valence-corrected chi connectivity index (χ3v) is 4.76. The molecule has 2 aromatic rings. The molecule has 1 unspecified atom stereocenters. The van der Waals surface area contributed by atoms with Crippen molar-refractivity contribution >= 4 is 22.6 Å². The van der Waals surface area contributed by atoms with Crippen LogP contribution in [0.25, 0.3) is 11.0 Å². The lowest BCUT2D eigenvalue weighted by Gasteiger charge is -2.29. The first kappa shape index (κ1) is 13.9. The quantitative estimate of drug-likeness (QED) is 0.916.